The van der Waals surface area contributed by atoms with Gasteiger partial charge < -0.3 is 19.9 Å². The Morgan fingerprint density at radius 1 is 1.03 bits per heavy atom. The number of hydrogen-bond donors (Lipinski definition) is 1. The molecule has 4 heterocycles. The first kappa shape index (κ1) is 24.5. The summed E-state index contributed by atoms with van der Waals surface area (Å²) < 4.78 is 6.29. The van der Waals surface area contributed by atoms with E-state index in [0.717, 1.165) is 57.2 Å². The van der Waals surface area contributed by atoms with Crippen molar-refractivity contribution in [1.82, 2.24) is 25.1 Å². The van der Waals surface area contributed by atoms with Crippen LogP contribution in [0.15, 0.2) is 48.5 Å². The highest BCUT2D eigenvalue weighted by atomic mass is 16.5. The number of piperazine rings is 1. The van der Waals surface area contributed by atoms with Gasteiger partial charge in [-0.3, -0.25) is 4.90 Å². The summed E-state index contributed by atoms with van der Waals surface area (Å²) >= 11 is 0. The first-order valence-corrected chi connectivity index (χ1v) is 14.2. The molecule has 4 aliphatic rings. The van der Waals surface area contributed by atoms with Crippen LogP contribution in [0.1, 0.15) is 47.7 Å². The standard InChI is InChI=1S/C31H35N7O/c1-36-15-6-7-22(36)20-39-31-34-28-19-38(18-27(28)30(35-31)37-16-14-33-21(17-37)12-13-32)29-25-10-4-2-8-23(25)24-9-3-5-11-26(24)29/h2-5,8-11,21-22,29,33H,6-7,12,14-20H2,1H3. The van der Waals surface area contributed by atoms with Crippen molar-refractivity contribution < 1.29 is 4.74 Å². The quantitative estimate of drug-likeness (QED) is 0.526. The molecule has 0 radical (unpaired) electrons. The molecule has 2 unspecified atom stereocenters. The Kier molecular flexibility index (Phi) is 6.43. The molecule has 0 bridgehead atoms. The molecule has 0 saturated carbocycles. The van der Waals surface area contributed by atoms with Crippen molar-refractivity contribution in [2.45, 2.75) is 50.5 Å². The highest BCUT2D eigenvalue weighted by Gasteiger charge is 2.38. The molecule has 2 saturated heterocycles. The van der Waals surface area contributed by atoms with E-state index in [1.54, 1.807) is 0 Å². The van der Waals surface area contributed by atoms with Gasteiger partial charge in [0.1, 0.15) is 12.4 Å². The van der Waals surface area contributed by atoms with E-state index in [4.69, 9.17) is 14.7 Å². The summed E-state index contributed by atoms with van der Waals surface area (Å²) in [6, 6.07) is 21.1. The predicted octanol–water partition coefficient (Wildman–Crippen LogP) is 3.73. The van der Waals surface area contributed by atoms with E-state index in [-0.39, 0.29) is 12.1 Å². The fourth-order valence-electron chi connectivity index (χ4n) is 6.90. The van der Waals surface area contributed by atoms with Gasteiger partial charge in [0.15, 0.2) is 0 Å². The van der Waals surface area contributed by atoms with Crippen LogP contribution in [0.4, 0.5) is 5.82 Å². The lowest BCUT2D eigenvalue weighted by Gasteiger charge is -2.34. The van der Waals surface area contributed by atoms with Crippen LogP contribution in [0.5, 0.6) is 6.01 Å². The van der Waals surface area contributed by atoms with Crippen molar-refractivity contribution in [2.75, 3.05) is 44.7 Å². The number of anilines is 1. The maximum Gasteiger partial charge on any atom is 0.318 e. The molecule has 8 heteroatoms. The van der Waals surface area contributed by atoms with Crippen molar-refractivity contribution in [3.05, 3.63) is 70.9 Å². The van der Waals surface area contributed by atoms with Crippen LogP contribution in [-0.4, -0.2) is 71.7 Å². The summed E-state index contributed by atoms with van der Waals surface area (Å²) in [5, 5.41) is 12.8. The van der Waals surface area contributed by atoms with Crippen LogP contribution in [0.2, 0.25) is 0 Å². The second-order valence-corrected chi connectivity index (χ2v) is 11.3. The van der Waals surface area contributed by atoms with Gasteiger partial charge in [-0.25, -0.2) is 0 Å². The zero-order chi connectivity index (χ0) is 26.3. The zero-order valence-electron chi connectivity index (χ0n) is 22.5. The Labute approximate surface area is 230 Å². The molecular weight excluding hydrogens is 486 g/mol. The number of nitrogens with one attached hydrogen (secondary N) is 1. The number of likely N-dealkylation sites (N-methyl/N-ethyl adjacent to an activating group) is 1. The van der Waals surface area contributed by atoms with Crippen LogP contribution in [-0.2, 0) is 13.1 Å². The van der Waals surface area contributed by atoms with Gasteiger partial charge in [0.2, 0.25) is 0 Å². The normalized spacial score (nSPS) is 22.9. The summed E-state index contributed by atoms with van der Waals surface area (Å²) in [4.78, 5) is 17.3. The van der Waals surface area contributed by atoms with E-state index >= 15 is 0 Å². The predicted molar refractivity (Wildman–Crippen MR) is 150 cm³/mol. The van der Waals surface area contributed by atoms with E-state index in [2.05, 4.69) is 81.7 Å². The average molecular weight is 522 g/mol. The number of likely N-dealkylation sites (tertiary alicyclic amines) is 1. The number of ether oxygens (including phenoxy) is 1. The van der Waals surface area contributed by atoms with Crippen LogP contribution >= 0.6 is 0 Å². The van der Waals surface area contributed by atoms with Crippen LogP contribution in [0, 0.1) is 11.3 Å². The number of rotatable bonds is 6. The lowest BCUT2D eigenvalue weighted by molar-refractivity contribution is 0.187. The topological polar surface area (TPSA) is 80.5 Å². The zero-order valence-corrected chi connectivity index (χ0v) is 22.5. The maximum absolute atomic E-state index is 9.32. The SMILES string of the molecule is CN1CCCC1COc1nc2c(c(N3CCNC(CC#N)C3)n1)CN(C1c3ccccc3-c3ccccc31)C2. The Balaban J connectivity index is 1.22. The molecule has 3 aromatic rings. The number of benzene rings is 2. The third-order valence-electron chi connectivity index (χ3n) is 8.90. The minimum atomic E-state index is 0.136. The Hall–Kier alpha value is -3.51. The maximum atomic E-state index is 9.32. The Bertz CT molecular complexity index is 1370. The molecule has 3 aliphatic heterocycles. The number of nitriles is 1. The summed E-state index contributed by atoms with van der Waals surface area (Å²) in [7, 11) is 2.17. The third kappa shape index (κ3) is 4.45. The molecule has 1 N–H and O–H groups in total. The first-order chi connectivity index (χ1) is 19.2. The second kappa shape index (κ2) is 10.2. The fourth-order valence-corrected chi connectivity index (χ4v) is 6.90. The van der Waals surface area contributed by atoms with Gasteiger partial charge in [-0.2, -0.15) is 15.2 Å². The lowest BCUT2D eigenvalue weighted by Crippen LogP contribution is -2.51. The molecule has 0 amide bonds. The van der Waals surface area contributed by atoms with Gasteiger partial charge >= 0.3 is 6.01 Å². The van der Waals surface area contributed by atoms with Crippen molar-refractivity contribution in [2.24, 2.45) is 0 Å². The fraction of sp³-hybridized carbons (Fsp3) is 0.452. The van der Waals surface area contributed by atoms with Crippen molar-refractivity contribution in [3.8, 4) is 23.2 Å². The summed E-state index contributed by atoms with van der Waals surface area (Å²) in [5.74, 6) is 0.973. The van der Waals surface area contributed by atoms with Gasteiger partial charge in [0, 0.05) is 50.4 Å². The minimum Gasteiger partial charge on any atom is -0.462 e. The number of fused-ring (bicyclic) bond motifs is 4. The second-order valence-electron chi connectivity index (χ2n) is 11.3. The van der Waals surface area contributed by atoms with Crippen LogP contribution in [0.25, 0.3) is 11.1 Å². The van der Waals surface area contributed by atoms with Gasteiger partial charge in [-0.05, 0) is 48.7 Å². The monoisotopic (exact) mass is 521 g/mol. The van der Waals surface area contributed by atoms with Gasteiger partial charge in [-0.1, -0.05) is 48.5 Å². The molecule has 2 aromatic carbocycles. The van der Waals surface area contributed by atoms with E-state index in [1.807, 2.05) is 0 Å². The lowest BCUT2D eigenvalue weighted by atomic mass is 10.0. The average Bonchev–Trinajstić information content (AvgIpc) is 3.66. The molecule has 2 fully saturated rings. The molecule has 0 spiro atoms. The third-order valence-corrected chi connectivity index (χ3v) is 8.90. The van der Waals surface area contributed by atoms with E-state index in [0.29, 0.717) is 25.1 Å². The number of nitrogens with zero attached hydrogens (tertiary/aromatic N) is 6. The minimum absolute atomic E-state index is 0.136. The van der Waals surface area contributed by atoms with Crippen LogP contribution < -0.4 is 15.0 Å². The molecule has 200 valence electrons. The smallest absolute Gasteiger partial charge is 0.318 e. The summed E-state index contributed by atoms with van der Waals surface area (Å²) in [5.41, 5.74) is 7.63. The summed E-state index contributed by atoms with van der Waals surface area (Å²) in [6.07, 6.45) is 2.85. The molecular formula is C31H35N7O. The highest BCUT2D eigenvalue weighted by Crippen LogP contribution is 2.49. The number of hydrogen-bond acceptors (Lipinski definition) is 8. The highest BCUT2D eigenvalue weighted by molar-refractivity contribution is 5.78. The molecule has 7 rings (SSSR count). The van der Waals surface area contributed by atoms with Crippen molar-refractivity contribution >= 4 is 5.82 Å². The van der Waals surface area contributed by atoms with Crippen molar-refractivity contribution in [3.63, 3.8) is 0 Å². The molecule has 2 atom stereocenters. The number of aromatic nitrogens is 2. The van der Waals surface area contributed by atoms with Gasteiger partial charge in [0.25, 0.3) is 0 Å². The van der Waals surface area contributed by atoms with E-state index < -0.39 is 0 Å². The van der Waals surface area contributed by atoms with E-state index in [9.17, 15) is 5.26 Å². The van der Waals surface area contributed by atoms with Gasteiger partial charge in [-0.15, -0.1) is 0 Å². The first-order valence-electron chi connectivity index (χ1n) is 14.2. The largest absolute Gasteiger partial charge is 0.462 e. The Morgan fingerprint density at radius 2 is 1.79 bits per heavy atom. The van der Waals surface area contributed by atoms with Gasteiger partial charge in [0.05, 0.1) is 24.2 Å². The molecule has 1 aliphatic carbocycles. The van der Waals surface area contributed by atoms with E-state index in [1.165, 1.54) is 34.2 Å². The van der Waals surface area contributed by atoms with Crippen molar-refractivity contribution in [1.29, 1.82) is 5.26 Å². The summed E-state index contributed by atoms with van der Waals surface area (Å²) in [6.45, 7) is 5.72. The molecule has 1 aromatic heterocycles. The van der Waals surface area contributed by atoms with Crippen LogP contribution in [0.3, 0.4) is 0 Å². The Morgan fingerprint density at radius 3 is 2.51 bits per heavy atom. The molecule has 39 heavy (non-hydrogen) atoms. The molecule has 8 nitrogen and oxygen atoms in total.